The summed E-state index contributed by atoms with van der Waals surface area (Å²) in [6.45, 7) is 7.93. The van der Waals surface area contributed by atoms with E-state index in [1.165, 1.54) is 6.20 Å². The summed E-state index contributed by atoms with van der Waals surface area (Å²) >= 11 is 1.01. The fourth-order valence-electron chi connectivity index (χ4n) is 2.76. The highest BCUT2D eigenvalue weighted by Crippen LogP contribution is 2.24. The van der Waals surface area contributed by atoms with Gasteiger partial charge in [0.05, 0.1) is 17.7 Å². The molecular weight excluding hydrogens is 380 g/mol. The number of rotatable bonds is 5. The van der Waals surface area contributed by atoms with E-state index in [1.54, 1.807) is 30.5 Å². The van der Waals surface area contributed by atoms with Crippen molar-refractivity contribution < 1.29 is 14.3 Å². The number of ether oxygens (including phenoxy) is 1. The van der Waals surface area contributed by atoms with Gasteiger partial charge in [-0.2, -0.15) is 0 Å². The van der Waals surface area contributed by atoms with Gasteiger partial charge >= 0.3 is 5.97 Å². The standard InChI is InChI=1S/C19H20N4O4S/c1-5-23-9-13(14(24)12-8-7-10(3)20-16(12)23)17(25)22-19-21-11(4)15(28-19)18(26)27-6-2/h7-9H,5-6H2,1-4H3,(H,21,22,25). The smallest absolute Gasteiger partial charge is 0.350 e. The van der Waals surface area contributed by atoms with E-state index in [1.807, 2.05) is 13.8 Å². The second-order valence-corrected chi connectivity index (χ2v) is 7.09. The van der Waals surface area contributed by atoms with Crippen LogP contribution in [0, 0.1) is 13.8 Å². The van der Waals surface area contributed by atoms with Crippen molar-refractivity contribution in [3.05, 3.63) is 50.4 Å². The molecule has 0 unspecified atom stereocenters. The molecule has 0 radical (unpaired) electrons. The third-order valence-electron chi connectivity index (χ3n) is 4.12. The largest absolute Gasteiger partial charge is 0.462 e. The number of nitrogens with zero attached hydrogens (tertiary/aromatic N) is 3. The van der Waals surface area contributed by atoms with Gasteiger partial charge < -0.3 is 9.30 Å². The molecule has 0 saturated heterocycles. The Morgan fingerprint density at radius 3 is 2.64 bits per heavy atom. The van der Waals surface area contributed by atoms with Crippen molar-refractivity contribution in [1.29, 1.82) is 0 Å². The molecule has 0 aromatic carbocycles. The van der Waals surface area contributed by atoms with E-state index in [-0.39, 0.29) is 17.3 Å². The van der Waals surface area contributed by atoms with E-state index in [9.17, 15) is 14.4 Å². The molecule has 0 aliphatic rings. The predicted molar refractivity (Wildman–Crippen MR) is 107 cm³/mol. The molecule has 0 spiro atoms. The highest BCUT2D eigenvalue weighted by Gasteiger charge is 2.20. The molecule has 3 rings (SSSR count). The first kappa shape index (κ1) is 19.7. The fraction of sp³-hybridized carbons (Fsp3) is 0.316. The first-order valence-electron chi connectivity index (χ1n) is 8.82. The maximum absolute atomic E-state index is 12.8. The summed E-state index contributed by atoms with van der Waals surface area (Å²) < 4.78 is 6.74. The van der Waals surface area contributed by atoms with Crippen LogP contribution < -0.4 is 10.7 Å². The predicted octanol–water partition coefficient (Wildman–Crippen LogP) is 2.92. The highest BCUT2D eigenvalue weighted by atomic mass is 32.1. The molecule has 8 nitrogen and oxygen atoms in total. The van der Waals surface area contributed by atoms with Crippen LogP contribution in [0.2, 0.25) is 0 Å². The lowest BCUT2D eigenvalue weighted by atomic mass is 10.1. The minimum atomic E-state index is -0.584. The second kappa shape index (κ2) is 7.89. The number of hydrogen-bond acceptors (Lipinski definition) is 7. The van der Waals surface area contributed by atoms with E-state index >= 15 is 0 Å². The van der Waals surface area contributed by atoms with Crippen molar-refractivity contribution in [1.82, 2.24) is 14.5 Å². The number of amides is 1. The second-order valence-electron chi connectivity index (χ2n) is 6.09. The minimum absolute atomic E-state index is 0.00876. The number of fused-ring (bicyclic) bond motifs is 1. The van der Waals surface area contributed by atoms with Gasteiger partial charge in [0.25, 0.3) is 5.91 Å². The molecule has 28 heavy (non-hydrogen) atoms. The Labute approximate surface area is 165 Å². The summed E-state index contributed by atoms with van der Waals surface area (Å²) in [5, 5.41) is 3.22. The van der Waals surface area contributed by atoms with Gasteiger partial charge in [-0.3, -0.25) is 14.9 Å². The normalized spacial score (nSPS) is 10.9. The average Bonchev–Trinajstić information content (AvgIpc) is 3.02. The summed E-state index contributed by atoms with van der Waals surface area (Å²) in [4.78, 5) is 46.4. The van der Waals surface area contributed by atoms with Gasteiger partial charge in [0, 0.05) is 18.4 Å². The van der Waals surface area contributed by atoms with Gasteiger partial charge in [-0.15, -0.1) is 0 Å². The third-order valence-corrected chi connectivity index (χ3v) is 5.18. The van der Waals surface area contributed by atoms with Gasteiger partial charge in [0.15, 0.2) is 5.13 Å². The monoisotopic (exact) mass is 400 g/mol. The number of hydrogen-bond donors (Lipinski definition) is 1. The Kier molecular flexibility index (Phi) is 5.55. The zero-order valence-corrected chi connectivity index (χ0v) is 16.8. The number of anilines is 1. The highest BCUT2D eigenvalue weighted by molar-refractivity contribution is 7.17. The summed E-state index contributed by atoms with van der Waals surface area (Å²) in [5.74, 6) is -1.07. The Morgan fingerprint density at radius 1 is 1.21 bits per heavy atom. The summed E-state index contributed by atoms with van der Waals surface area (Å²) in [6, 6.07) is 3.41. The van der Waals surface area contributed by atoms with Crippen molar-refractivity contribution in [2.24, 2.45) is 0 Å². The molecule has 3 aromatic heterocycles. The van der Waals surface area contributed by atoms with Gasteiger partial charge in [-0.25, -0.2) is 14.8 Å². The molecular formula is C19H20N4O4S. The molecule has 0 bridgehead atoms. The minimum Gasteiger partial charge on any atom is -0.462 e. The van der Waals surface area contributed by atoms with Crippen LogP contribution in [0.1, 0.15) is 45.3 Å². The van der Waals surface area contributed by atoms with Crippen LogP contribution >= 0.6 is 11.3 Å². The molecule has 0 fully saturated rings. The van der Waals surface area contributed by atoms with E-state index < -0.39 is 17.3 Å². The van der Waals surface area contributed by atoms with Crippen molar-refractivity contribution in [3.63, 3.8) is 0 Å². The maximum atomic E-state index is 12.8. The van der Waals surface area contributed by atoms with Crippen LogP contribution in [0.4, 0.5) is 5.13 Å². The van der Waals surface area contributed by atoms with Crippen LogP contribution in [0.25, 0.3) is 11.0 Å². The first-order valence-corrected chi connectivity index (χ1v) is 9.64. The number of aromatic nitrogens is 3. The molecule has 3 heterocycles. The van der Waals surface area contributed by atoms with E-state index in [0.29, 0.717) is 28.1 Å². The number of esters is 1. The van der Waals surface area contributed by atoms with Crippen molar-refractivity contribution in [2.75, 3.05) is 11.9 Å². The lowest BCUT2D eigenvalue weighted by molar-refractivity contribution is 0.0531. The molecule has 1 amide bonds. The van der Waals surface area contributed by atoms with E-state index in [0.717, 1.165) is 17.0 Å². The zero-order valence-electron chi connectivity index (χ0n) is 16.0. The van der Waals surface area contributed by atoms with Gasteiger partial charge in [0.1, 0.15) is 16.1 Å². The topological polar surface area (TPSA) is 103 Å². The molecule has 0 saturated carbocycles. The molecule has 0 aliphatic heterocycles. The lowest BCUT2D eigenvalue weighted by Crippen LogP contribution is -2.24. The number of pyridine rings is 2. The molecule has 146 valence electrons. The number of carbonyl (C=O) groups is 2. The van der Waals surface area contributed by atoms with Crippen molar-refractivity contribution >= 4 is 39.4 Å². The summed E-state index contributed by atoms with van der Waals surface area (Å²) in [7, 11) is 0. The first-order chi connectivity index (χ1) is 13.3. The Hall–Kier alpha value is -3.07. The van der Waals surface area contributed by atoms with E-state index in [2.05, 4.69) is 15.3 Å². The Morgan fingerprint density at radius 2 is 1.96 bits per heavy atom. The van der Waals surface area contributed by atoms with Crippen LogP contribution in [-0.4, -0.2) is 33.0 Å². The zero-order chi connectivity index (χ0) is 20.4. The van der Waals surface area contributed by atoms with E-state index in [4.69, 9.17) is 4.74 Å². The number of thiazole rings is 1. The number of aryl methyl sites for hydroxylation is 3. The van der Waals surface area contributed by atoms with Gasteiger partial charge in [0.2, 0.25) is 5.43 Å². The maximum Gasteiger partial charge on any atom is 0.350 e. The van der Waals surface area contributed by atoms with Crippen LogP contribution in [-0.2, 0) is 11.3 Å². The molecule has 9 heteroatoms. The lowest BCUT2D eigenvalue weighted by Gasteiger charge is -2.11. The molecule has 0 aliphatic carbocycles. The van der Waals surface area contributed by atoms with Crippen molar-refractivity contribution in [2.45, 2.75) is 34.2 Å². The molecule has 0 atom stereocenters. The van der Waals surface area contributed by atoms with Crippen LogP contribution in [0.5, 0.6) is 0 Å². The quantitative estimate of drug-likeness (QED) is 0.661. The summed E-state index contributed by atoms with van der Waals surface area (Å²) in [5.41, 5.74) is 1.38. The summed E-state index contributed by atoms with van der Waals surface area (Å²) in [6.07, 6.45) is 1.50. The van der Waals surface area contributed by atoms with Crippen molar-refractivity contribution in [3.8, 4) is 0 Å². The average molecular weight is 400 g/mol. The number of carbonyl (C=O) groups excluding carboxylic acids is 2. The number of nitrogens with one attached hydrogen (secondary N) is 1. The Bertz CT molecular complexity index is 1130. The van der Waals surface area contributed by atoms with Crippen LogP contribution in [0.15, 0.2) is 23.1 Å². The fourth-order valence-corrected chi connectivity index (χ4v) is 3.62. The third kappa shape index (κ3) is 3.65. The van der Waals surface area contributed by atoms with Gasteiger partial charge in [-0.05, 0) is 39.8 Å². The molecule has 3 aromatic rings. The molecule has 1 N–H and O–H groups in total. The Balaban J connectivity index is 1.97. The van der Waals surface area contributed by atoms with Crippen LogP contribution in [0.3, 0.4) is 0 Å². The SMILES string of the molecule is CCOC(=O)c1sc(NC(=O)c2cn(CC)c3nc(C)ccc3c2=O)nc1C. The van der Waals surface area contributed by atoms with Gasteiger partial charge in [-0.1, -0.05) is 11.3 Å².